The van der Waals surface area contributed by atoms with E-state index in [2.05, 4.69) is 0 Å². The Labute approximate surface area is 258 Å². The summed E-state index contributed by atoms with van der Waals surface area (Å²) in [5, 5.41) is 0. The van der Waals surface area contributed by atoms with Gasteiger partial charge in [0.25, 0.3) is 0 Å². The molecule has 0 saturated carbocycles. The predicted octanol–water partition coefficient (Wildman–Crippen LogP) is 6.60. The maximum absolute atomic E-state index is 14.3. The Morgan fingerprint density at radius 1 is 0.721 bits per heavy atom. The lowest BCUT2D eigenvalue weighted by Crippen LogP contribution is -2.57. The normalized spacial score (nSPS) is 25.5. The third-order valence-corrected chi connectivity index (χ3v) is 10.2. The van der Waals surface area contributed by atoms with E-state index in [0.29, 0.717) is 27.8 Å². The minimum absolute atomic E-state index is 0.100. The SMILES string of the molecule is CC[C@H](OC(=O)c1cccc(N2C(=O)[C@@H]3[C@@H](C2=O)C2(Cl)c4ccccc4C3(Cl)c3ccccc32)c1)C(=O)c1ccccc1. The van der Waals surface area contributed by atoms with Gasteiger partial charge in [0.05, 0.1) is 23.1 Å². The highest BCUT2D eigenvalue weighted by molar-refractivity contribution is 6.38. The number of nitrogens with zero attached hydrogens (tertiary/aromatic N) is 1. The van der Waals surface area contributed by atoms with Gasteiger partial charge in [0.2, 0.25) is 17.6 Å². The van der Waals surface area contributed by atoms with Crippen LogP contribution in [0.25, 0.3) is 0 Å². The molecule has 1 saturated heterocycles. The number of rotatable bonds is 6. The van der Waals surface area contributed by atoms with E-state index in [0.717, 1.165) is 4.90 Å². The lowest BCUT2D eigenvalue weighted by atomic mass is 9.54. The van der Waals surface area contributed by atoms with Crippen molar-refractivity contribution in [2.75, 3.05) is 4.90 Å². The number of benzene rings is 4. The van der Waals surface area contributed by atoms with Crippen LogP contribution in [-0.4, -0.2) is 29.7 Å². The number of esters is 1. The van der Waals surface area contributed by atoms with Gasteiger partial charge in [-0.2, -0.15) is 0 Å². The van der Waals surface area contributed by atoms with Gasteiger partial charge < -0.3 is 4.74 Å². The molecule has 6 nitrogen and oxygen atoms in total. The Morgan fingerprint density at radius 2 is 1.19 bits per heavy atom. The molecule has 3 atom stereocenters. The lowest BCUT2D eigenvalue weighted by molar-refractivity contribution is -0.122. The van der Waals surface area contributed by atoms with Gasteiger partial charge in [-0.15, -0.1) is 23.2 Å². The van der Waals surface area contributed by atoms with Crippen molar-refractivity contribution in [2.24, 2.45) is 11.8 Å². The van der Waals surface area contributed by atoms with Crippen molar-refractivity contribution in [3.8, 4) is 0 Å². The van der Waals surface area contributed by atoms with E-state index in [9.17, 15) is 19.2 Å². The van der Waals surface area contributed by atoms with Crippen molar-refractivity contribution < 1.29 is 23.9 Å². The number of carbonyl (C=O) groups is 4. The molecule has 2 bridgehead atoms. The van der Waals surface area contributed by atoms with E-state index < -0.39 is 45.5 Å². The smallest absolute Gasteiger partial charge is 0.338 e. The number of hydrogen-bond donors (Lipinski definition) is 0. The maximum atomic E-state index is 14.3. The molecule has 1 heterocycles. The molecule has 0 unspecified atom stereocenters. The summed E-state index contributed by atoms with van der Waals surface area (Å²) in [4.78, 5) is 53.2. The Bertz CT molecular complexity index is 1720. The van der Waals surface area contributed by atoms with Crippen LogP contribution in [0, 0.1) is 11.8 Å². The van der Waals surface area contributed by atoms with E-state index in [-0.39, 0.29) is 23.5 Å². The van der Waals surface area contributed by atoms with Gasteiger partial charge in [-0.1, -0.05) is 91.9 Å². The highest BCUT2D eigenvalue weighted by Gasteiger charge is 2.73. The molecule has 0 spiro atoms. The van der Waals surface area contributed by atoms with Crippen LogP contribution in [0.1, 0.15) is 56.3 Å². The largest absolute Gasteiger partial charge is 0.450 e. The molecule has 1 fully saturated rings. The number of alkyl halides is 2. The second kappa shape index (κ2) is 9.90. The summed E-state index contributed by atoms with van der Waals surface area (Å²) in [5.41, 5.74) is 3.58. The van der Waals surface area contributed by atoms with Crippen LogP contribution < -0.4 is 4.90 Å². The monoisotopic (exact) mass is 609 g/mol. The van der Waals surface area contributed by atoms with E-state index >= 15 is 0 Å². The van der Waals surface area contributed by atoms with Crippen LogP contribution in [0.2, 0.25) is 0 Å². The summed E-state index contributed by atoms with van der Waals surface area (Å²) in [6, 6.07) is 29.6. The number of ether oxygens (including phenoxy) is 1. The number of halogens is 2. The molecular formula is C35H25Cl2NO5. The zero-order chi connectivity index (χ0) is 30.1. The van der Waals surface area contributed by atoms with E-state index in [4.69, 9.17) is 27.9 Å². The second-order valence-electron chi connectivity index (χ2n) is 11.1. The Morgan fingerprint density at radius 3 is 1.67 bits per heavy atom. The summed E-state index contributed by atoms with van der Waals surface area (Å²) in [6.45, 7) is 1.76. The van der Waals surface area contributed by atoms with Gasteiger partial charge in [-0.3, -0.25) is 14.4 Å². The quantitative estimate of drug-likeness (QED) is 0.106. The first-order valence-corrected chi connectivity index (χ1v) is 14.8. The number of anilines is 1. The molecule has 43 heavy (non-hydrogen) atoms. The minimum atomic E-state index is -1.31. The van der Waals surface area contributed by atoms with Gasteiger partial charge in [0.1, 0.15) is 9.75 Å². The molecule has 4 aliphatic rings. The maximum Gasteiger partial charge on any atom is 0.338 e. The Balaban J connectivity index is 1.25. The topological polar surface area (TPSA) is 80.8 Å². The molecule has 1 aliphatic heterocycles. The van der Waals surface area contributed by atoms with E-state index in [1.54, 1.807) is 49.4 Å². The minimum Gasteiger partial charge on any atom is -0.450 e. The fraction of sp³-hybridized carbons (Fsp3) is 0.200. The van der Waals surface area contributed by atoms with Crippen LogP contribution in [0.15, 0.2) is 103 Å². The molecule has 4 aromatic carbocycles. The number of ketones is 1. The number of hydrogen-bond acceptors (Lipinski definition) is 5. The molecule has 8 heteroatoms. The molecular weight excluding hydrogens is 585 g/mol. The van der Waals surface area contributed by atoms with Crippen LogP contribution in [0.5, 0.6) is 0 Å². The predicted molar refractivity (Wildman–Crippen MR) is 162 cm³/mol. The van der Waals surface area contributed by atoms with Crippen molar-refractivity contribution in [3.05, 3.63) is 137 Å². The summed E-state index contributed by atoms with van der Waals surface area (Å²) in [5.74, 6) is -3.96. The second-order valence-corrected chi connectivity index (χ2v) is 12.3. The molecule has 8 rings (SSSR count). The first kappa shape index (κ1) is 27.6. The van der Waals surface area contributed by atoms with Crippen LogP contribution in [0.4, 0.5) is 5.69 Å². The molecule has 3 aliphatic carbocycles. The van der Waals surface area contributed by atoms with Crippen LogP contribution in [-0.2, 0) is 24.1 Å². The van der Waals surface area contributed by atoms with Gasteiger partial charge >= 0.3 is 5.97 Å². The molecule has 2 amide bonds. The van der Waals surface area contributed by atoms with E-state index in [1.807, 2.05) is 48.5 Å². The van der Waals surface area contributed by atoms with Crippen molar-refractivity contribution in [2.45, 2.75) is 29.2 Å². The third-order valence-electron chi connectivity index (χ3n) is 8.90. The summed E-state index contributed by atoms with van der Waals surface area (Å²) in [7, 11) is 0. The summed E-state index contributed by atoms with van der Waals surface area (Å²) >= 11 is 15.0. The Hall–Kier alpha value is -4.26. The highest BCUT2D eigenvalue weighted by Crippen LogP contribution is 2.69. The van der Waals surface area contributed by atoms with Gasteiger partial charge in [0.15, 0.2) is 6.10 Å². The number of carbonyl (C=O) groups excluding carboxylic acids is 4. The fourth-order valence-corrected chi connectivity index (χ4v) is 8.10. The van der Waals surface area contributed by atoms with Crippen LogP contribution >= 0.6 is 23.2 Å². The lowest BCUT2D eigenvalue weighted by Gasteiger charge is -2.54. The van der Waals surface area contributed by atoms with Crippen molar-refractivity contribution in [3.63, 3.8) is 0 Å². The standard InChI is InChI=1S/C35H25Cl2NO5/c1-2-27(30(39)20-11-4-3-5-12-20)43-33(42)21-13-10-14-22(19-21)38-31(40)28-29(32(38)41)35(37)24-16-7-6-15-23(24)34(28,36)25-17-8-9-18-26(25)35/h3-19,27-29H,2H2,1H3/t27-,28-,29-,34?,35?/m0/s1. The molecule has 0 radical (unpaired) electrons. The highest BCUT2D eigenvalue weighted by atomic mass is 35.5. The third kappa shape index (κ3) is 3.73. The van der Waals surface area contributed by atoms with Crippen molar-refractivity contribution in [1.29, 1.82) is 0 Å². The fourth-order valence-electron chi connectivity index (χ4n) is 7.00. The molecule has 0 N–H and O–H groups in total. The van der Waals surface area contributed by atoms with Crippen LogP contribution in [0.3, 0.4) is 0 Å². The number of amides is 2. The molecule has 0 aromatic heterocycles. The summed E-state index contributed by atoms with van der Waals surface area (Å²) in [6.07, 6.45) is -0.709. The van der Waals surface area contributed by atoms with Gasteiger partial charge in [0, 0.05) is 5.56 Å². The first-order chi connectivity index (χ1) is 20.7. The van der Waals surface area contributed by atoms with E-state index in [1.165, 1.54) is 12.1 Å². The number of Topliss-reactive ketones (excluding diaryl/α,β-unsaturated/α-hetero) is 1. The average Bonchev–Trinajstić information content (AvgIpc) is 3.33. The first-order valence-electron chi connectivity index (χ1n) is 14.1. The average molecular weight is 610 g/mol. The summed E-state index contributed by atoms with van der Waals surface area (Å²) < 4.78 is 5.61. The molecule has 214 valence electrons. The Kier molecular flexibility index (Phi) is 6.35. The van der Waals surface area contributed by atoms with Crippen molar-refractivity contribution >= 4 is 52.5 Å². The van der Waals surface area contributed by atoms with Crippen molar-refractivity contribution in [1.82, 2.24) is 0 Å². The zero-order valence-electron chi connectivity index (χ0n) is 23.0. The number of imide groups is 1. The van der Waals surface area contributed by atoms with Gasteiger partial charge in [-0.25, -0.2) is 9.69 Å². The molecule has 4 aromatic rings. The van der Waals surface area contributed by atoms with Gasteiger partial charge in [-0.05, 0) is 46.9 Å². The zero-order valence-corrected chi connectivity index (χ0v) is 24.5.